The number of anilines is 1. The molecule has 106 valence electrons. The number of piperazine rings is 1. The highest BCUT2D eigenvalue weighted by Crippen LogP contribution is 2.18. The Morgan fingerprint density at radius 1 is 1.40 bits per heavy atom. The van der Waals surface area contributed by atoms with Crippen molar-refractivity contribution in [2.45, 2.75) is 6.04 Å². The molecule has 0 radical (unpaired) electrons. The molecule has 0 spiro atoms. The summed E-state index contributed by atoms with van der Waals surface area (Å²) in [6, 6.07) is 3.98. The Bertz CT molecular complexity index is 577. The van der Waals surface area contributed by atoms with Gasteiger partial charge in [0.05, 0.1) is 11.7 Å². The standard InChI is InChI=1S/C13H15FN4O2/c14-10-5-8(1-2-11(10)15)12(19)17-3-4-18-9(7-17)6-16-13(18)20/h1-2,5,9H,3-4,6-7,15H2,(H,16,20). The number of rotatable bonds is 1. The molecular formula is C13H15FN4O2. The molecule has 2 saturated heterocycles. The van der Waals surface area contributed by atoms with E-state index in [1.165, 1.54) is 12.1 Å². The quantitative estimate of drug-likeness (QED) is 0.723. The van der Waals surface area contributed by atoms with Gasteiger partial charge in [-0.05, 0) is 18.2 Å². The molecule has 3 rings (SSSR count). The molecule has 1 aromatic rings. The van der Waals surface area contributed by atoms with E-state index in [1.807, 2.05) is 0 Å². The summed E-state index contributed by atoms with van der Waals surface area (Å²) < 4.78 is 13.4. The summed E-state index contributed by atoms with van der Waals surface area (Å²) in [6.45, 7) is 1.96. The van der Waals surface area contributed by atoms with Gasteiger partial charge < -0.3 is 20.9 Å². The van der Waals surface area contributed by atoms with Crippen LogP contribution in [0.25, 0.3) is 0 Å². The molecule has 0 aromatic heterocycles. The van der Waals surface area contributed by atoms with E-state index in [9.17, 15) is 14.0 Å². The number of nitrogen functional groups attached to an aromatic ring is 1. The monoisotopic (exact) mass is 278 g/mol. The molecule has 1 atom stereocenters. The number of hydrogen-bond acceptors (Lipinski definition) is 3. The topological polar surface area (TPSA) is 78.7 Å². The van der Waals surface area contributed by atoms with Crippen LogP contribution in [0.3, 0.4) is 0 Å². The highest BCUT2D eigenvalue weighted by molar-refractivity contribution is 5.95. The first-order chi connectivity index (χ1) is 9.56. The lowest BCUT2D eigenvalue weighted by molar-refractivity contribution is 0.0616. The number of amides is 3. The Hall–Kier alpha value is -2.31. The minimum absolute atomic E-state index is 0.00108. The zero-order valence-corrected chi connectivity index (χ0v) is 10.8. The smallest absolute Gasteiger partial charge is 0.317 e. The fourth-order valence-electron chi connectivity index (χ4n) is 2.63. The summed E-state index contributed by atoms with van der Waals surface area (Å²) >= 11 is 0. The molecule has 0 aliphatic carbocycles. The Morgan fingerprint density at radius 3 is 2.95 bits per heavy atom. The summed E-state index contributed by atoms with van der Waals surface area (Å²) in [5.74, 6) is -0.824. The number of nitrogens with zero attached hydrogens (tertiary/aromatic N) is 2. The van der Waals surface area contributed by atoms with Gasteiger partial charge in [0, 0.05) is 31.7 Å². The lowest BCUT2D eigenvalue weighted by atomic mass is 10.1. The number of nitrogens with two attached hydrogens (primary N) is 1. The summed E-state index contributed by atoms with van der Waals surface area (Å²) in [4.78, 5) is 27.2. The molecule has 1 unspecified atom stereocenters. The number of hydrogen-bond donors (Lipinski definition) is 2. The Labute approximate surface area is 115 Å². The van der Waals surface area contributed by atoms with Gasteiger partial charge in [0.1, 0.15) is 5.82 Å². The second-order valence-corrected chi connectivity index (χ2v) is 5.02. The number of fused-ring (bicyclic) bond motifs is 1. The van der Waals surface area contributed by atoms with Gasteiger partial charge in [0.25, 0.3) is 5.91 Å². The molecule has 2 aliphatic rings. The van der Waals surface area contributed by atoms with Crippen molar-refractivity contribution >= 4 is 17.6 Å². The van der Waals surface area contributed by atoms with Crippen molar-refractivity contribution in [1.29, 1.82) is 0 Å². The minimum atomic E-state index is -0.591. The average Bonchev–Trinajstić information content (AvgIpc) is 2.82. The Kier molecular flexibility index (Phi) is 2.96. The van der Waals surface area contributed by atoms with Gasteiger partial charge in [-0.2, -0.15) is 0 Å². The number of halogens is 1. The molecule has 20 heavy (non-hydrogen) atoms. The van der Waals surface area contributed by atoms with Crippen molar-refractivity contribution in [3.8, 4) is 0 Å². The van der Waals surface area contributed by atoms with Gasteiger partial charge in [0.2, 0.25) is 0 Å². The maximum absolute atomic E-state index is 13.4. The fraction of sp³-hybridized carbons (Fsp3) is 0.385. The molecule has 0 bridgehead atoms. The van der Waals surface area contributed by atoms with Crippen LogP contribution in [-0.4, -0.2) is 54.0 Å². The van der Waals surface area contributed by atoms with Crippen LogP contribution in [-0.2, 0) is 0 Å². The van der Waals surface area contributed by atoms with Crippen LogP contribution in [0.15, 0.2) is 18.2 Å². The third-order valence-electron chi connectivity index (χ3n) is 3.77. The van der Waals surface area contributed by atoms with Gasteiger partial charge >= 0.3 is 6.03 Å². The molecule has 2 heterocycles. The highest BCUT2D eigenvalue weighted by Gasteiger charge is 2.37. The first kappa shape index (κ1) is 12.7. The fourth-order valence-corrected chi connectivity index (χ4v) is 2.63. The molecule has 3 N–H and O–H groups in total. The van der Waals surface area contributed by atoms with Crippen LogP contribution in [0.4, 0.5) is 14.9 Å². The van der Waals surface area contributed by atoms with Gasteiger partial charge in [-0.1, -0.05) is 0 Å². The number of carbonyl (C=O) groups is 2. The maximum Gasteiger partial charge on any atom is 0.317 e. The van der Waals surface area contributed by atoms with E-state index in [0.717, 1.165) is 6.07 Å². The van der Waals surface area contributed by atoms with Crippen LogP contribution in [0.1, 0.15) is 10.4 Å². The molecule has 2 aliphatic heterocycles. The largest absolute Gasteiger partial charge is 0.396 e. The third kappa shape index (κ3) is 2.04. The number of carbonyl (C=O) groups excluding carboxylic acids is 2. The van der Waals surface area contributed by atoms with Crippen LogP contribution in [0.5, 0.6) is 0 Å². The molecule has 3 amide bonds. The Balaban J connectivity index is 1.75. The zero-order valence-electron chi connectivity index (χ0n) is 10.8. The minimum Gasteiger partial charge on any atom is -0.396 e. The van der Waals surface area contributed by atoms with E-state index >= 15 is 0 Å². The molecule has 6 nitrogen and oxygen atoms in total. The summed E-state index contributed by atoms with van der Waals surface area (Å²) in [7, 11) is 0. The predicted molar refractivity (Wildman–Crippen MR) is 70.6 cm³/mol. The molecule has 0 saturated carbocycles. The maximum atomic E-state index is 13.4. The van der Waals surface area contributed by atoms with E-state index in [0.29, 0.717) is 26.2 Å². The predicted octanol–water partition coefficient (Wildman–Crippen LogP) is 0.258. The second kappa shape index (κ2) is 4.66. The molecule has 7 heteroatoms. The third-order valence-corrected chi connectivity index (χ3v) is 3.77. The van der Waals surface area contributed by atoms with E-state index < -0.39 is 5.82 Å². The SMILES string of the molecule is Nc1ccc(C(=O)N2CCN3C(=O)NCC3C2)cc1F. The van der Waals surface area contributed by atoms with Gasteiger partial charge in [-0.25, -0.2) is 9.18 Å². The van der Waals surface area contributed by atoms with E-state index in [1.54, 1.807) is 9.80 Å². The van der Waals surface area contributed by atoms with Crippen molar-refractivity contribution in [3.63, 3.8) is 0 Å². The number of benzene rings is 1. The van der Waals surface area contributed by atoms with Crippen molar-refractivity contribution in [1.82, 2.24) is 15.1 Å². The molecule has 1 aromatic carbocycles. The lowest BCUT2D eigenvalue weighted by Crippen LogP contribution is -2.53. The molecule has 2 fully saturated rings. The first-order valence-corrected chi connectivity index (χ1v) is 6.45. The van der Waals surface area contributed by atoms with Crippen molar-refractivity contribution in [3.05, 3.63) is 29.6 Å². The number of nitrogens with one attached hydrogen (secondary N) is 1. The van der Waals surface area contributed by atoms with Crippen LogP contribution < -0.4 is 11.1 Å². The second-order valence-electron chi connectivity index (χ2n) is 5.02. The summed E-state index contributed by atoms with van der Waals surface area (Å²) in [5, 5.41) is 2.75. The van der Waals surface area contributed by atoms with Crippen molar-refractivity contribution < 1.29 is 14.0 Å². The summed E-state index contributed by atoms with van der Waals surface area (Å²) in [6.07, 6.45) is 0. The first-order valence-electron chi connectivity index (χ1n) is 6.45. The van der Waals surface area contributed by atoms with Crippen LogP contribution >= 0.6 is 0 Å². The van der Waals surface area contributed by atoms with Crippen molar-refractivity contribution in [2.75, 3.05) is 31.9 Å². The zero-order chi connectivity index (χ0) is 14.3. The highest BCUT2D eigenvalue weighted by atomic mass is 19.1. The van der Waals surface area contributed by atoms with Crippen LogP contribution in [0, 0.1) is 5.82 Å². The van der Waals surface area contributed by atoms with Crippen LogP contribution in [0.2, 0.25) is 0 Å². The normalized spacial score (nSPS) is 21.6. The molecular weight excluding hydrogens is 263 g/mol. The van der Waals surface area contributed by atoms with E-state index in [4.69, 9.17) is 5.73 Å². The lowest BCUT2D eigenvalue weighted by Gasteiger charge is -2.36. The average molecular weight is 278 g/mol. The Morgan fingerprint density at radius 2 is 2.20 bits per heavy atom. The van der Waals surface area contributed by atoms with Crippen molar-refractivity contribution in [2.24, 2.45) is 0 Å². The van der Waals surface area contributed by atoms with E-state index in [-0.39, 0.29) is 29.2 Å². The van der Waals surface area contributed by atoms with E-state index in [2.05, 4.69) is 5.32 Å². The summed E-state index contributed by atoms with van der Waals surface area (Å²) in [5.41, 5.74) is 5.71. The van der Waals surface area contributed by atoms with Gasteiger partial charge in [0.15, 0.2) is 0 Å². The van der Waals surface area contributed by atoms with Gasteiger partial charge in [-0.15, -0.1) is 0 Å². The number of urea groups is 1. The van der Waals surface area contributed by atoms with Gasteiger partial charge in [-0.3, -0.25) is 4.79 Å².